The minimum absolute atomic E-state index is 0.0856. The van der Waals surface area contributed by atoms with Gasteiger partial charge in [-0.3, -0.25) is 0 Å². The maximum absolute atomic E-state index is 9.25. The van der Waals surface area contributed by atoms with Gasteiger partial charge in [-0.1, -0.05) is 39.0 Å². The summed E-state index contributed by atoms with van der Waals surface area (Å²) in [5, 5.41) is 12.7. The van der Waals surface area contributed by atoms with Crippen molar-refractivity contribution < 1.29 is 5.11 Å². The first-order valence-electron chi connectivity index (χ1n) is 6.01. The van der Waals surface area contributed by atoms with Crippen molar-refractivity contribution in [2.45, 2.75) is 45.1 Å². The lowest BCUT2D eigenvalue weighted by atomic mass is 10.2. The van der Waals surface area contributed by atoms with Crippen LogP contribution in [0.15, 0.2) is 24.3 Å². The van der Waals surface area contributed by atoms with Crippen LogP contribution in [0.25, 0.3) is 0 Å². The summed E-state index contributed by atoms with van der Waals surface area (Å²) in [5.41, 5.74) is 2.00. The zero-order valence-corrected chi connectivity index (χ0v) is 12.0. The van der Waals surface area contributed by atoms with Crippen LogP contribution in [0.2, 0.25) is 0 Å². The molecule has 0 bridgehead atoms. The molecule has 0 heterocycles. The Bertz CT molecular complexity index is 346. The molecule has 0 aliphatic rings. The molecule has 1 rings (SSSR count). The average molecular weight is 253 g/mol. The fourth-order valence-corrected chi connectivity index (χ4v) is 2.31. The summed E-state index contributed by atoms with van der Waals surface area (Å²) >= 11 is 1.95. The number of para-hydroxylation sites is 1. The number of rotatable bonds is 5. The van der Waals surface area contributed by atoms with E-state index in [1.807, 2.05) is 36.0 Å². The summed E-state index contributed by atoms with van der Waals surface area (Å²) in [6.07, 6.45) is 0. The predicted molar refractivity (Wildman–Crippen MR) is 77.7 cm³/mol. The van der Waals surface area contributed by atoms with Crippen LogP contribution in [0.3, 0.4) is 0 Å². The van der Waals surface area contributed by atoms with Crippen molar-refractivity contribution in [2.24, 2.45) is 0 Å². The highest BCUT2D eigenvalue weighted by molar-refractivity contribution is 8.00. The summed E-state index contributed by atoms with van der Waals surface area (Å²) in [4.78, 5) is 0. The number of nitrogens with one attached hydrogen (secondary N) is 1. The summed E-state index contributed by atoms with van der Waals surface area (Å²) in [6, 6.07) is 8.30. The summed E-state index contributed by atoms with van der Waals surface area (Å²) < 4.78 is 0.298. The summed E-state index contributed by atoms with van der Waals surface area (Å²) in [7, 11) is 0. The van der Waals surface area contributed by atoms with E-state index in [4.69, 9.17) is 0 Å². The van der Waals surface area contributed by atoms with Gasteiger partial charge < -0.3 is 10.4 Å². The van der Waals surface area contributed by atoms with Gasteiger partial charge in [0, 0.05) is 27.8 Å². The van der Waals surface area contributed by atoms with Crippen molar-refractivity contribution in [3.05, 3.63) is 29.8 Å². The molecule has 0 spiro atoms. The highest BCUT2D eigenvalue weighted by Gasteiger charge is 2.13. The van der Waals surface area contributed by atoms with Gasteiger partial charge in [-0.15, -0.1) is 0 Å². The van der Waals surface area contributed by atoms with E-state index < -0.39 is 0 Å². The molecule has 2 nitrogen and oxygen atoms in total. The second kappa shape index (κ2) is 6.31. The van der Waals surface area contributed by atoms with Crippen molar-refractivity contribution in [2.75, 3.05) is 11.1 Å². The lowest BCUT2D eigenvalue weighted by Crippen LogP contribution is -2.22. The van der Waals surface area contributed by atoms with Gasteiger partial charge in [0.15, 0.2) is 0 Å². The van der Waals surface area contributed by atoms with E-state index in [0.717, 1.165) is 17.0 Å². The maximum atomic E-state index is 9.25. The molecule has 1 unspecified atom stereocenters. The lowest BCUT2D eigenvalue weighted by Gasteiger charge is -2.22. The van der Waals surface area contributed by atoms with Crippen LogP contribution in [-0.4, -0.2) is 21.6 Å². The van der Waals surface area contributed by atoms with E-state index in [1.54, 1.807) is 0 Å². The van der Waals surface area contributed by atoms with Crippen molar-refractivity contribution >= 4 is 17.4 Å². The molecular weight excluding hydrogens is 230 g/mol. The molecule has 0 saturated carbocycles. The Balaban J connectivity index is 2.53. The third-order valence-electron chi connectivity index (χ3n) is 2.36. The Labute approximate surface area is 109 Å². The Hall–Kier alpha value is -0.670. The van der Waals surface area contributed by atoms with Gasteiger partial charge in [0.1, 0.15) is 0 Å². The van der Waals surface area contributed by atoms with Gasteiger partial charge in [0.05, 0.1) is 6.61 Å². The number of hydrogen-bond acceptors (Lipinski definition) is 3. The van der Waals surface area contributed by atoms with Crippen LogP contribution in [0.5, 0.6) is 0 Å². The van der Waals surface area contributed by atoms with Gasteiger partial charge in [0.2, 0.25) is 0 Å². The highest BCUT2D eigenvalue weighted by atomic mass is 32.2. The minimum Gasteiger partial charge on any atom is -0.392 e. The molecule has 1 atom stereocenters. The Morgan fingerprint density at radius 1 is 1.29 bits per heavy atom. The molecule has 0 aliphatic carbocycles. The minimum atomic E-state index is 0.0856. The van der Waals surface area contributed by atoms with Crippen LogP contribution in [-0.2, 0) is 6.61 Å². The largest absolute Gasteiger partial charge is 0.392 e. The fraction of sp³-hybridized carbons (Fsp3) is 0.571. The topological polar surface area (TPSA) is 32.3 Å². The van der Waals surface area contributed by atoms with Gasteiger partial charge in [-0.25, -0.2) is 0 Å². The standard InChI is InChI=1S/C14H23NOS/c1-11(10-17-14(2,3)4)15-13-8-6-5-7-12(13)9-16/h5-8,11,15-16H,9-10H2,1-4H3. The molecule has 1 aromatic rings. The third kappa shape index (κ3) is 5.46. The lowest BCUT2D eigenvalue weighted by molar-refractivity contribution is 0.282. The summed E-state index contributed by atoms with van der Waals surface area (Å²) in [6.45, 7) is 8.94. The molecule has 1 aromatic carbocycles. The van der Waals surface area contributed by atoms with E-state index in [0.29, 0.717) is 10.8 Å². The van der Waals surface area contributed by atoms with Crippen LogP contribution in [0.4, 0.5) is 5.69 Å². The Morgan fingerprint density at radius 3 is 2.53 bits per heavy atom. The number of hydrogen-bond donors (Lipinski definition) is 2. The van der Waals surface area contributed by atoms with Crippen molar-refractivity contribution in [1.29, 1.82) is 0 Å². The van der Waals surface area contributed by atoms with E-state index in [-0.39, 0.29) is 6.61 Å². The van der Waals surface area contributed by atoms with Gasteiger partial charge in [0.25, 0.3) is 0 Å². The van der Waals surface area contributed by atoms with Crippen LogP contribution in [0.1, 0.15) is 33.3 Å². The zero-order valence-electron chi connectivity index (χ0n) is 11.2. The van der Waals surface area contributed by atoms with Crippen molar-refractivity contribution in [3.63, 3.8) is 0 Å². The molecule has 3 heteroatoms. The molecule has 2 N–H and O–H groups in total. The molecule has 96 valence electrons. The van der Waals surface area contributed by atoms with E-state index in [1.165, 1.54) is 0 Å². The first-order chi connectivity index (χ1) is 7.92. The monoisotopic (exact) mass is 253 g/mol. The number of benzene rings is 1. The smallest absolute Gasteiger partial charge is 0.0701 e. The van der Waals surface area contributed by atoms with E-state index in [2.05, 4.69) is 33.0 Å². The first kappa shape index (κ1) is 14.4. The number of aliphatic hydroxyl groups is 1. The number of thioether (sulfide) groups is 1. The normalized spacial score (nSPS) is 13.5. The summed E-state index contributed by atoms with van der Waals surface area (Å²) in [5.74, 6) is 1.06. The zero-order chi connectivity index (χ0) is 12.9. The van der Waals surface area contributed by atoms with Crippen molar-refractivity contribution in [3.8, 4) is 0 Å². The van der Waals surface area contributed by atoms with E-state index >= 15 is 0 Å². The quantitative estimate of drug-likeness (QED) is 0.842. The second-order valence-electron chi connectivity index (χ2n) is 5.28. The molecule has 0 radical (unpaired) electrons. The first-order valence-corrected chi connectivity index (χ1v) is 7.00. The molecule has 0 amide bonds. The highest BCUT2D eigenvalue weighted by Crippen LogP contribution is 2.25. The van der Waals surface area contributed by atoms with Gasteiger partial charge in [-0.05, 0) is 13.0 Å². The van der Waals surface area contributed by atoms with Gasteiger partial charge in [-0.2, -0.15) is 11.8 Å². The molecule has 0 aromatic heterocycles. The van der Waals surface area contributed by atoms with Crippen LogP contribution in [0, 0.1) is 0 Å². The van der Waals surface area contributed by atoms with Crippen LogP contribution < -0.4 is 5.32 Å². The molecule has 0 aliphatic heterocycles. The maximum Gasteiger partial charge on any atom is 0.0701 e. The van der Waals surface area contributed by atoms with Crippen molar-refractivity contribution in [1.82, 2.24) is 0 Å². The Morgan fingerprint density at radius 2 is 1.94 bits per heavy atom. The number of anilines is 1. The van der Waals surface area contributed by atoms with E-state index in [9.17, 15) is 5.11 Å². The predicted octanol–water partition coefficient (Wildman–Crippen LogP) is 3.51. The third-order valence-corrected chi connectivity index (χ3v) is 3.89. The number of aliphatic hydroxyl groups excluding tert-OH is 1. The SMILES string of the molecule is CC(CSC(C)(C)C)Nc1ccccc1CO. The molecular formula is C14H23NOS. The molecule has 0 fully saturated rings. The molecule has 0 saturated heterocycles. The van der Waals surface area contributed by atoms with Gasteiger partial charge >= 0.3 is 0 Å². The van der Waals surface area contributed by atoms with Crippen LogP contribution >= 0.6 is 11.8 Å². The fourth-order valence-electron chi connectivity index (χ4n) is 1.48. The second-order valence-corrected chi connectivity index (χ2v) is 7.13. The average Bonchev–Trinajstić information content (AvgIpc) is 2.26. The Kier molecular flexibility index (Phi) is 5.34. The molecule has 17 heavy (non-hydrogen) atoms.